The standard InChI is InChI=1S/C12H22O3/c1-5-12(6-2,8-13)9-15-11(14)7-10(3)4/h7,13H,5-6,8-9H2,1-4H3. The highest BCUT2D eigenvalue weighted by Crippen LogP contribution is 2.25. The second-order valence-electron chi connectivity index (χ2n) is 4.19. The molecule has 3 nitrogen and oxygen atoms in total. The Balaban J connectivity index is 4.23. The van der Waals surface area contributed by atoms with Crippen molar-refractivity contribution in [1.82, 2.24) is 0 Å². The van der Waals surface area contributed by atoms with E-state index in [1.54, 1.807) is 0 Å². The third-order valence-electron chi connectivity index (χ3n) is 2.76. The fourth-order valence-corrected chi connectivity index (χ4v) is 1.22. The van der Waals surface area contributed by atoms with Crippen LogP contribution >= 0.6 is 0 Å². The van der Waals surface area contributed by atoms with E-state index in [-0.39, 0.29) is 18.0 Å². The van der Waals surface area contributed by atoms with Crippen molar-refractivity contribution in [2.45, 2.75) is 40.5 Å². The SMILES string of the molecule is CCC(CC)(CO)COC(=O)C=C(C)C. The molecule has 0 fully saturated rings. The van der Waals surface area contributed by atoms with Gasteiger partial charge in [-0.2, -0.15) is 0 Å². The summed E-state index contributed by atoms with van der Waals surface area (Å²) in [6.07, 6.45) is 3.08. The number of carbonyl (C=O) groups excluding carboxylic acids is 1. The van der Waals surface area contributed by atoms with Crippen LogP contribution in [0, 0.1) is 5.41 Å². The van der Waals surface area contributed by atoms with Gasteiger partial charge in [-0.3, -0.25) is 0 Å². The number of hydrogen-bond acceptors (Lipinski definition) is 3. The van der Waals surface area contributed by atoms with Gasteiger partial charge in [-0.15, -0.1) is 0 Å². The molecule has 0 bridgehead atoms. The van der Waals surface area contributed by atoms with Crippen molar-refractivity contribution < 1.29 is 14.6 Å². The molecule has 0 atom stereocenters. The van der Waals surface area contributed by atoms with Crippen molar-refractivity contribution in [3.8, 4) is 0 Å². The van der Waals surface area contributed by atoms with Crippen LogP contribution in [0.2, 0.25) is 0 Å². The molecule has 0 amide bonds. The number of ether oxygens (including phenoxy) is 1. The van der Waals surface area contributed by atoms with Crippen LogP contribution in [0.3, 0.4) is 0 Å². The maximum atomic E-state index is 11.3. The molecule has 0 saturated heterocycles. The lowest BCUT2D eigenvalue weighted by molar-refractivity contribution is -0.142. The molecule has 15 heavy (non-hydrogen) atoms. The third-order valence-corrected chi connectivity index (χ3v) is 2.76. The van der Waals surface area contributed by atoms with E-state index in [4.69, 9.17) is 4.74 Å². The summed E-state index contributed by atoms with van der Waals surface area (Å²) in [4.78, 5) is 11.3. The van der Waals surface area contributed by atoms with Crippen molar-refractivity contribution in [3.05, 3.63) is 11.6 Å². The lowest BCUT2D eigenvalue weighted by atomic mass is 9.84. The minimum absolute atomic E-state index is 0.0576. The molecule has 0 rings (SSSR count). The van der Waals surface area contributed by atoms with Gasteiger partial charge in [0.15, 0.2) is 0 Å². The maximum Gasteiger partial charge on any atom is 0.330 e. The van der Waals surface area contributed by atoms with Gasteiger partial charge in [0.1, 0.15) is 0 Å². The van der Waals surface area contributed by atoms with Gasteiger partial charge >= 0.3 is 5.97 Å². The minimum atomic E-state index is -0.324. The van der Waals surface area contributed by atoms with Crippen molar-refractivity contribution in [3.63, 3.8) is 0 Å². The highest BCUT2D eigenvalue weighted by atomic mass is 16.5. The van der Waals surface area contributed by atoms with E-state index in [9.17, 15) is 9.90 Å². The van der Waals surface area contributed by atoms with Gasteiger partial charge in [-0.1, -0.05) is 19.4 Å². The van der Waals surface area contributed by atoms with Crippen LogP contribution in [0.5, 0.6) is 0 Å². The van der Waals surface area contributed by atoms with Gasteiger partial charge in [-0.05, 0) is 26.7 Å². The molecule has 0 aromatic rings. The zero-order valence-electron chi connectivity index (χ0n) is 10.2. The normalized spacial score (nSPS) is 11.0. The maximum absolute atomic E-state index is 11.3. The highest BCUT2D eigenvalue weighted by molar-refractivity contribution is 5.82. The first-order valence-corrected chi connectivity index (χ1v) is 5.42. The number of esters is 1. The summed E-state index contributed by atoms with van der Waals surface area (Å²) >= 11 is 0. The number of aliphatic hydroxyl groups excluding tert-OH is 1. The molecule has 0 aromatic heterocycles. The molecule has 0 radical (unpaired) electrons. The number of allylic oxidation sites excluding steroid dienone is 1. The first-order chi connectivity index (χ1) is 6.99. The largest absolute Gasteiger partial charge is 0.462 e. The number of rotatable bonds is 6. The van der Waals surface area contributed by atoms with Crippen LogP contribution in [0.15, 0.2) is 11.6 Å². The Bertz CT molecular complexity index is 215. The molecular formula is C12H22O3. The Morgan fingerprint density at radius 1 is 1.33 bits per heavy atom. The monoisotopic (exact) mass is 214 g/mol. The zero-order chi connectivity index (χ0) is 11.9. The Kier molecular flexibility index (Phi) is 6.25. The van der Waals surface area contributed by atoms with Gasteiger partial charge < -0.3 is 9.84 Å². The van der Waals surface area contributed by atoms with E-state index in [2.05, 4.69) is 0 Å². The van der Waals surface area contributed by atoms with E-state index < -0.39 is 0 Å². The Labute approximate surface area is 92.1 Å². The first-order valence-electron chi connectivity index (χ1n) is 5.42. The summed E-state index contributed by atoms with van der Waals surface area (Å²) in [5.41, 5.74) is 0.646. The van der Waals surface area contributed by atoms with E-state index >= 15 is 0 Å². The lowest BCUT2D eigenvalue weighted by Gasteiger charge is -2.28. The molecule has 0 aromatic carbocycles. The van der Waals surface area contributed by atoms with Crippen LogP contribution in [0.25, 0.3) is 0 Å². The van der Waals surface area contributed by atoms with Gasteiger partial charge in [0.2, 0.25) is 0 Å². The summed E-state index contributed by atoms with van der Waals surface area (Å²) in [5, 5.41) is 9.26. The van der Waals surface area contributed by atoms with Crippen molar-refractivity contribution >= 4 is 5.97 Å². The van der Waals surface area contributed by atoms with Crippen LogP contribution in [-0.2, 0) is 9.53 Å². The van der Waals surface area contributed by atoms with Crippen LogP contribution in [0.4, 0.5) is 0 Å². The quantitative estimate of drug-likeness (QED) is 0.545. The fraction of sp³-hybridized carbons (Fsp3) is 0.750. The molecule has 0 heterocycles. The Morgan fingerprint density at radius 2 is 1.87 bits per heavy atom. The van der Waals surface area contributed by atoms with E-state index in [1.807, 2.05) is 27.7 Å². The highest BCUT2D eigenvalue weighted by Gasteiger charge is 2.26. The van der Waals surface area contributed by atoms with Gasteiger partial charge in [-0.25, -0.2) is 4.79 Å². The average molecular weight is 214 g/mol. The molecule has 88 valence electrons. The minimum Gasteiger partial charge on any atom is -0.462 e. The zero-order valence-corrected chi connectivity index (χ0v) is 10.2. The molecule has 1 N–H and O–H groups in total. The van der Waals surface area contributed by atoms with Gasteiger partial charge in [0, 0.05) is 11.5 Å². The number of aliphatic hydroxyl groups is 1. The van der Waals surface area contributed by atoms with Crippen molar-refractivity contribution in [1.29, 1.82) is 0 Å². The molecule has 0 spiro atoms. The predicted octanol–water partition coefficient (Wildman–Crippen LogP) is 2.29. The van der Waals surface area contributed by atoms with Crippen LogP contribution < -0.4 is 0 Å². The van der Waals surface area contributed by atoms with Crippen molar-refractivity contribution in [2.75, 3.05) is 13.2 Å². The number of hydrogen-bond donors (Lipinski definition) is 1. The summed E-state index contributed by atoms with van der Waals surface area (Å²) in [6.45, 7) is 8.03. The molecule has 0 aliphatic carbocycles. The number of carbonyl (C=O) groups is 1. The first kappa shape index (κ1) is 14.2. The second-order valence-corrected chi connectivity index (χ2v) is 4.19. The van der Waals surface area contributed by atoms with E-state index in [0.29, 0.717) is 6.61 Å². The molecular weight excluding hydrogens is 192 g/mol. The molecule has 0 unspecified atom stereocenters. The molecule has 3 heteroatoms. The van der Waals surface area contributed by atoms with Gasteiger partial charge in [0.05, 0.1) is 13.2 Å². The van der Waals surface area contributed by atoms with Gasteiger partial charge in [0.25, 0.3) is 0 Å². The smallest absolute Gasteiger partial charge is 0.330 e. The second kappa shape index (κ2) is 6.62. The topological polar surface area (TPSA) is 46.5 Å². The Morgan fingerprint density at radius 3 is 2.20 bits per heavy atom. The lowest BCUT2D eigenvalue weighted by Crippen LogP contribution is -2.30. The predicted molar refractivity (Wildman–Crippen MR) is 60.5 cm³/mol. The van der Waals surface area contributed by atoms with E-state index in [0.717, 1.165) is 18.4 Å². The molecule has 0 aliphatic rings. The average Bonchev–Trinajstić information content (AvgIpc) is 2.20. The van der Waals surface area contributed by atoms with Crippen molar-refractivity contribution in [2.24, 2.45) is 5.41 Å². The summed E-state index contributed by atoms with van der Waals surface area (Å²) in [6, 6.07) is 0. The van der Waals surface area contributed by atoms with Crippen LogP contribution in [-0.4, -0.2) is 24.3 Å². The molecule has 0 aliphatic heterocycles. The summed E-state index contributed by atoms with van der Waals surface area (Å²) in [7, 11) is 0. The molecule has 0 saturated carbocycles. The Hall–Kier alpha value is -0.830. The third kappa shape index (κ3) is 4.98. The van der Waals surface area contributed by atoms with Crippen LogP contribution in [0.1, 0.15) is 40.5 Å². The summed E-state index contributed by atoms with van der Waals surface area (Å²) in [5.74, 6) is -0.324. The van der Waals surface area contributed by atoms with E-state index in [1.165, 1.54) is 6.08 Å². The fourth-order valence-electron chi connectivity index (χ4n) is 1.22. The summed E-state index contributed by atoms with van der Waals surface area (Å²) < 4.78 is 5.12.